The van der Waals surface area contributed by atoms with Gasteiger partial charge in [0.2, 0.25) is 5.76 Å². The van der Waals surface area contributed by atoms with Crippen molar-refractivity contribution in [2.45, 2.75) is 43.9 Å². The van der Waals surface area contributed by atoms with Gasteiger partial charge in [0, 0.05) is 17.6 Å². The van der Waals surface area contributed by atoms with E-state index in [1.807, 2.05) is 36.4 Å². The van der Waals surface area contributed by atoms with Gasteiger partial charge in [-0.3, -0.25) is 0 Å². The van der Waals surface area contributed by atoms with E-state index in [4.69, 9.17) is 9.15 Å². The second-order valence-electron chi connectivity index (χ2n) is 8.79. The van der Waals surface area contributed by atoms with Crippen LogP contribution in [-0.2, 0) is 10.2 Å². The number of rotatable bonds is 6. The van der Waals surface area contributed by atoms with Crippen LogP contribution in [0.3, 0.4) is 0 Å². The monoisotopic (exact) mass is 365 g/mol. The van der Waals surface area contributed by atoms with E-state index in [0.29, 0.717) is 18.9 Å². The zero-order valence-corrected chi connectivity index (χ0v) is 15.7. The van der Waals surface area contributed by atoms with Gasteiger partial charge in [0.25, 0.3) is 0 Å². The number of furan rings is 1. The van der Waals surface area contributed by atoms with Crippen LogP contribution in [0.5, 0.6) is 0 Å². The number of carbonyl (C=O) groups excluding carboxylic acids is 1. The van der Waals surface area contributed by atoms with Gasteiger partial charge in [-0.15, -0.1) is 0 Å². The Balaban J connectivity index is 1.19. The molecule has 4 saturated carbocycles. The Hall–Kier alpha value is -2.23. The molecule has 4 fully saturated rings. The lowest BCUT2D eigenvalue weighted by molar-refractivity contribution is -0.0158. The highest BCUT2D eigenvalue weighted by atomic mass is 16.5. The van der Waals surface area contributed by atoms with Crippen molar-refractivity contribution in [1.82, 2.24) is 0 Å². The van der Waals surface area contributed by atoms with Gasteiger partial charge in [-0.2, -0.15) is 0 Å². The van der Waals surface area contributed by atoms with Crippen molar-refractivity contribution in [3.63, 3.8) is 0 Å². The summed E-state index contributed by atoms with van der Waals surface area (Å²) < 4.78 is 11.4. The van der Waals surface area contributed by atoms with Crippen molar-refractivity contribution in [3.8, 4) is 0 Å². The van der Waals surface area contributed by atoms with Gasteiger partial charge >= 0.3 is 5.97 Å². The maximum absolute atomic E-state index is 12.4. The molecule has 142 valence electrons. The molecular weight excluding hydrogens is 338 g/mol. The summed E-state index contributed by atoms with van der Waals surface area (Å²) in [7, 11) is 0. The average Bonchev–Trinajstić information content (AvgIpc) is 3.16. The SMILES string of the molecule is O=C(OCCNc1ccccc1)c1ccc(C23CC4CC(CC(C4)C2)C3)o1. The Labute approximate surface area is 160 Å². The van der Waals surface area contributed by atoms with Crippen LogP contribution in [0, 0.1) is 17.8 Å². The van der Waals surface area contributed by atoms with E-state index in [1.165, 1.54) is 38.5 Å². The normalized spacial score (nSPS) is 31.0. The molecule has 0 atom stereocenters. The smallest absolute Gasteiger partial charge is 0.374 e. The largest absolute Gasteiger partial charge is 0.458 e. The molecule has 4 bridgehead atoms. The average molecular weight is 365 g/mol. The highest BCUT2D eigenvalue weighted by Gasteiger charge is 2.53. The summed E-state index contributed by atoms with van der Waals surface area (Å²) in [6.07, 6.45) is 7.93. The molecule has 6 rings (SSSR count). The van der Waals surface area contributed by atoms with Gasteiger partial charge in [0.15, 0.2) is 0 Å². The van der Waals surface area contributed by atoms with Crippen molar-refractivity contribution < 1.29 is 13.9 Å². The van der Waals surface area contributed by atoms with E-state index < -0.39 is 0 Å². The zero-order valence-electron chi connectivity index (χ0n) is 15.7. The Bertz CT molecular complexity index is 775. The van der Waals surface area contributed by atoms with Gasteiger partial charge in [0.1, 0.15) is 12.4 Å². The molecule has 0 amide bonds. The van der Waals surface area contributed by atoms with Gasteiger partial charge in [-0.05, 0) is 80.5 Å². The number of nitrogens with one attached hydrogen (secondary N) is 1. The Morgan fingerprint density at radius 1 is 1.00 bits per heavy atom. The molecule has 0 radical (unpaired) electrons. The van der Waals surface area contributed by atoms with E-state index in [1.54, 1.807) is 6.07 Å². The molecule has 1 aromatic heterocycles. The highest BCUT2D eigenvalue weighted by Crippen LogP contribution is 2.60. The third-order valence-electron chi connectivity index (χ3n) is 6.81. The third-order valence-corrected chi connectivity index (χ3v) is 6.81. The van der Waals surface area contributed by atoms with Gasteiger partial charge in [-0.1, -0.05) is 18.2 Å². The molecule has 27 heavy (non-hydrogen) atoms. The molecule has 4 nitrogen and oxygen atoms in total. The maximum Gasteiger partial charge on any atom is 0.374 e. The minimum Gasteiger partial charge on any atom is -0.458 e. The summed E-state index contributed by atoms with van der Waals surface area (Å²) in [4.78, 5) is 12.4. The van der Waals surface area contributed by atoms with E-state index in [9.17, 15) is 4.79 Å². The van der Waals surface area contributed by atoms with Crippen LogP contribution in [0.2, 0.25) is 0 Å². The summed E-state index contributed by atoms with van der Waals surface area (Å²) in [5, 5.41) is 3.24. The Morgan fingerprint density at radius 3 is 2.33 bits per heavy atom. The van der Waals surface area contributed by atoms with Crippen molar-refractivity contribution in [1.29, 1.82) is 0 Å². The molecule has 0 aliphatic heterocycles. The van der Waals surface area contributed by atoms with Gasteiger partial charge < -0.3 is 14.5 Å². The zero-order chi connectivity index (χ0) is 18.3. The number of ether oxygens (including phenoxy) is 1. The number of para-hydroxylation sites is 1. The standard InChI is InChI=1S/C23H27NO3/c25-22(26-9-8-24-19-4-2-1-3-5-19)20-6-7-21(27-20)23-13-16-10-17(14-23)12-18(11-16)15-23/h1-7,16-18,24H,8-15H2. The quantitative estimate of drug-likeness (QED) is 0.577. The Kier molecular flexibility index (Phi) is 4.22. The predicted molar refractivity (Wildman–Crippen MR) is 104 cm³/mol. The lowest BCUT2D eigenvalue weighted by atomic mass is 9.49. The first-order valence-corrected chi connectivity index (χ1v) is 10.3. The second kappa shape index (κ2) is 6.74. The molecule has 4 aliphatic carbocycles. The minimum atomic E-state index is -0.360. The number of carbonyl (C=O) groups is 1. The number of esters is 1. The molecule has 0 unspecified atom stereocenters. The molecule has 2 aromatic rings. The van der Waals surface area contributed by atoms with Crippen LogP contribution in [0.25, 0.3) is 0 Å². The molecule has 1 N–H and O–H groups in total. The van der Waals surface area contributed by atoms with Gasteiger partial charge in [-0.25, -0.2) is 4.79 Å². The summed E-state index contributed by atoms with van der Waals surface area (Å²) in [6, 6.07) is 13.8. The number of anilines is 1. The van der Waals surface area contributed by atoms with Crippen LogP contribution in [0.15, 0.2) is 46.9 Å². The van der Waals surface area contributed by atoms with E-state index >= 15 is 0 Å². The molecule has 0 saturated heterocycles. The lowest BCUT2D eigenvalue weighted by Gasteiger charge is -2.55. The molecule has 4 heteroatoms. The highest BCUT2D eigenvalue weighted by molar-refractivity contribution is 5.86. The van der Waals surface area contributed by atoms with Crippen molar-refractivity contribution in [2.75, 3.05) is 18.5 Å². The van der Waals surface area contributed by atoms with Crippen molar-refractivity contribution in [2.24, 2.45) is 17.8 Å². The first-order chi connectivity index (χ1) is 13.2. The molecule has 0 spiro atoms. The van der Waals surface area contributed by atoms with E-state index in [-0.39, 0.29) is 11.4 Å². The van der Waals surface area contributed by atoms with Crippen LogP contribution in [0.1, 0.15) is 54.8 Å². The van der Waals surface area contributed by atoms with E-state index in [2.05, 4.69) is 5.32 Å². The first-order valence-electron chi connectivity index (χ1n) is 10.3. The summed E-state index contributed by atoms with van der Waals surface area (Å²) in [6.45, 7) is 0.902. The number of hydrogen-bond donors (Lipinski definition) is 1. The first kappa shape index (κ1) is 16.9. The van der Waals surface area contributed by atoms with Crippen LogP contribution in [0.4, 0.5) is 5.69 Å². The molecular formula is C23H27NO3. The topological polar surface area (TPSA) is 51.5 Å². The second-order valence-corrected chi connectivity index (χ2v) is 8.79. The maximum atomic E-state index is 12.4. The van der Waals surface area contributed by atoms with Crippen molar-refractivity contribution in [3.05, 3.63) is 54.0 Å². The minimum absolute atomic E-state index is 0.183. The summed E-state index contributed by atoms with van der Waals surface area (Å²) in [5.74, 6) is 3.60. The Morgan fingerprint density at radius 2 is 1.67 bits per heavy atom. The fraction of sp³-hybridized carbons (Fsp3) is 0.522. The number of benzene rings is 1. The van der Waals surface area contributed by atoms with Crippen molar-refractivity contribution >= 4 is 11.7 Å². The molecule has 4 aliphatic rings. The third kappa shape index (κ3) is 3.26. The molecule has 1 heterocycles. The van der Waals surface area contributed by atoms with Crippen LogP contribution < -0.4 is 5.32 Å². The predicted octanol–water partition coefficient (Wildman–Crippen LogP) is 5.02. The summed E-state index contributed by atoms with van der Waals surface area (Å²) in [5.41, 5.74) is 1.21. The fourth-order valence-corrected chi connectivity index (χ4v) is 6.11. The van der Waals surface area contributed by atoms with Crippen LogP contribution >= 0.6 is 0 Å². The fourth-order valence-electron chi connectivity index (χ4n) is 6.11. The number of hydrogen-bond acceptors (Lipinski definition) is 4. The summed E-state index contributed by atoms with van der Waals surface area (Å²) >= 11 is 0. The molecule has 1 aromatic carbocycles. The lowest BCUT2D eigenvalue weighted by Crippen LogP contribution is -2.48. The van der Waals surface area contributed by atoms with E-state index in [0.717, 1.165) is 29.2 Å². The van der Waals surface area contributed by atoms with Gasteiger partial charge in [0.05, 0.1) is 0 Å². The van der Waals surface area contributed by atoms with Crippen LogP contribution in [-0.4, -0.2) is 19.1 Å².